The highest BCUT2D eigenvalue weighted by atomic mass is 19.1. The van der Waals surface area contributed by atoms with Gasteiger partial charge in [-0.15, -0.1) is 0 Å². The highest BCUT2D eigenvalue weighted by molar-refractivity contribution is 6.01. The molecule has 0 saturated heterocycles. The number of amides is 1. The quantitative estimate of drug-likeness (QED) is 0.403. The van der Waals surface area contributed by atoms with Gasteiger partial charge in [0.2, 0.25) is 0 Å². The molecule has 176 valence electrons. The fourth-order valence-electron chi connectivity index (χ4n) is 3.52. The minimum atomic E-state index is -0.674. The Labute approximate surface area is 191 Å². The SMILES string of the molecule is CC(C)OCCCNC(=O)c1c(O)c2ncc(Cc3ccc(F)cc3)cc2n(CCN)c1=O. The highest BCUT2D eigenvalue weighted by Gasteiger charge is 2.23. The van der Waals surface area contributed by atoms with Gasteiger partial charge in [-0.05, 0) is 56.0 Å². The van der Waals surface area contributed by atoms with Crippen molar-refractivity contribution < 1.29 is 19.0 Å². The molecule has 0 aliphatic heterocycles. The van der Waals surface area contributed by atoms with Gasteiger partial charge in [-0.2, -0.15) is 0 Å². The topological polar surface area (TPSA) is 119 Å². The van der Waals surface area contributed by atoms with Crippen molar-refractivity contribution >= 4 is 16.9 Å². The molecule has 3 aromatic rings. The van der Waals surface area contributed by atoms with Crippen molar-refractivity contribution in [3.8, 4) is 5.75 Å². The van der Waals surface area contributed by atoms with Crippen LogP contribution >= 0.6 is 0 Å². The highest BCUT2D eigenvalue weighted by Crippen LogP contribution is 2.26. The normalized spacial score (nSPS) is 11.3. The molecule has 0 fully saturated rings. The van der Waals surface area contributed by atoms with Crippen LogP contribution in [0.25, 0.3) is 11.0 Å². The number of aromatic nitrogens is 2. The van der Waals surface area contributed by atoms with E-state index in [0.717, 1.165) is 11.1 Å². The molecule has 0 radical (unpaired) electrons. The second-order valence-electron chi connectivity index (χ2n) is 8.01. The summed E-state index contributed by atoms with van der Waals surface area (Å²) in [7, 11) is 0. The Balaban J connectivity index is 1.92. The van der Waals surface area contributed by atoms with E-state index >= 15 is 0 Å². The van der Waals surface area contributed by atoms with E-state index in [1.807, 2.05) is 13.8 Å². The van der Waals surface area contributed by atoms with Gasteiger partial charge in [0.05, 0.1) is 11.6 Å². The molecule has 0 atom stereocenters. The number of rotatable bonds is 10. The van der Waals surface area contributed by atoms with Crippen molar-refractivity contribution in [2.24, 2.45) is 5.73 Å². The third-order valence-electron chi connectivity index (χ3n) is 5.09. The van der Waals surface area contributed by atoms with Gasteiger partial charge in [-0.1, -0.05) is 12.1 Å². The maximum Gasteiger partial charge on any atom is 0.267 e. The molecule has 9 heteroatoms. The molecule has 1 amide bonds. The Bertz CT molecular complexity index is 1180. The summed E-state index contributed by atoms with van der Waals surface area (Å²) in [6.45, 7) is 4.92. The van der Waals surface area contributed by atoms with E-state index in [2.05, 4.69) is 10.3 Å². The third kappa shape index (κ3) is 5.94. The molecule has 0 bridgehead atoms. The number of halogens is 1. The van der Waals surface area contributed by atoms with E-state index in [-0.39, 0.29) is 36.1 Å². The van der Waals surface area contributed by atoms with Crippen LogP contribution in [0.4, 0.5) is 4.39 Å². The summed E-state index contributed by atoms with van der Waals surface area (Å²) < 4.78 is 20.0. The average Bonchev–Trinajstić information content (AvgIpc) is 2.78. The second-order valence-corrected chi connectivity index (χ2v) is 8.01. The molecular weight excluding hydrogens is 427 g/mol. The minimum absolute atomic E-state index is 0.0905. The van der Waals surface area contributed by atoms with Crippen LogP contribution in [0.3, 0.4) is 0 Å². The largest absolute Gasteiger partial charge is 0.505 e. The number of fused-ring (bicyclic) bond motifs is 1. The Morgan fingerprint density at radius 3 is 2.67 bits per heavy atom. The van der Waals surface area contributed by atoms with Gasteiger partial charge in [-0.3, -0.25) is 14.6 Å². The molecule has 0 spiro atoms. The molecule has 2 aromatic heterocycles. The van der Waals surface area contributed by atoms with Gasteiger partial charge in [-0.25, -0.2) is 4.39 Å². The Hall–Kier alpha value is -3.30. The summed E-state index contributed by atoms with van der Waals surface area (Å²) in [5.41, 5.74) is 6.86. The monoisotopic (exact) mass is 456 g/mol. The Morgan fingerprint density at radius 2 is 2.00 bits per heavy atom. The van der Waals surface area contributed by atoms with Crippen LogP contribution in [0.2, 0.25) is 0 Å². The van der Waals surface area contributed by atoms with Crippen molar-refractivity contribution in [3.05, 3.63) is 69.4 Å². The first-order chi connectivity index (χ1) is 15.8. The summed E-state index contributed by atoms with van der Waals surface area (Å²) in [6.07, 6.45) is 2.68. The third-order valence-corrected chi connectivity index (χ3v) is 5.09. The van der Waals surface area contributed by atoms with E-state index in [1.54, 1.807) is 24.4 Å². The Kier molecular flexibility index (Phi) is 8.13. The first-order valence-corrected chi connectivity index (χ1v) is 10.9. The van der Waals surface area contributed by atoms with Gasteiger partial charge in [0.15, 0.2) is 5.75 Å². The van der Waals surface area contributed by atoms with Gasteiger partial charge in [0, 0.05) is 32.4 Å². The number of nitrogens with two attached hydrogens (primary N) is 1. The van der Waals surface area contributed by atoms with Crippen LogP contribution in [0.1, 0.15) is 41.8 Å². The predicted octanol–water partition coefficient (Wildman–Crippen LogP) is 2.34. The number of ether oxygens (including phenoxy) is 1. The number of aromatic hydroxyl groups is 1. The van der Waals surface area contributed by atoms with E-state index in [4.69, 9.17) is 10.5 Å². The average molecular weight is 457 g/mol. The standard InChI is InChI=1S/C24H29FN4O4/c1-15(2)33-11-3-9-27-23(31)20-22(30)21-19(29(10-8-26)24(20)32)13-17(14-28-21)12-16-4-6-18(25)7-5-16/h4-7,13-15,30H,3,8-12,26H2,1-2H3,(H,27,31). The number of hydrogen-bond acceptors (Lipinski definition) is 6. The van der Waals surface area contributed by atoms with Gasteiger partial charge in [0.25, 0.3) is 11.5 Å². The van der Waals surface area contributed by atoms with Crippen molar-refractivity contribution in [3.63, 3.8) is 0 Å². The second kappa shape index (κ2) is 11.0. The number of hydrogen-bond donors (Lipinski definition) is 3. The van der Waals surface area contributed by atoms with Crippen LogP contribution in [-0.4, -0.2) is 46.4 Å². The number of nitrogens with zero attached hydrogens (tertiary/aromatic N) is 2. The van der Waals surface area contributed by atoms with Crippen molar-refractivity contribution in [1.82, 2.24) is 14.9 Å². The lowest BCUT2D eigenvalue weighted by atomic mass is 10.1. The van der Waals surface area contributed by atoms with E-state index < -0.39 is 17.2 Å². The molecular formula is C24H29FN4O4. The summed E-state index contributed by atoms with van der Waals surface area (Å²) in [6, 6.07) is 7.82. The molecule has 1 aromatic carbocycles. The van der Waals surface area contributed by atoms with Crippen LogP contribution in [0, 0.1) is 5.82 Å². The van der Waals surface area contributed by atoms with Crippen LogP contribution in [-0.2, 0) is 17.7 Å². The fourth-order valence-corrected chi connectivity index (χ4v) is 3.52. The molecule has 4 N–H and O–H groups in total. The first kappa shape index (κ1) is 24.3. The van der Waals surface area contributed by atoms with Crippen LogP contribution in [0.15, 0.2) is 41.3 Å². The number of pyridine rings is 2. The van der Waals surface area contributed by atoms with Gasteiger partial charge < -0.3 is 25.5 Å². The van der Waals surface area contributed by atoms with Crippen molar-refractivity contribution in [1.29, 1.82) is 0 Å². The van der Waals surface area contributed by atoms with Crippen molar-refractivity contribution in [2.45, 2.75) is 39.3 Å². The van der Waals surface area contributed by atoms with Crippen LogP contribution < -0.4 is 16.6 Å². The molecule has 0 unspecified atom stereocenters. The van der Waals surface area contributed by atoms with Crippen LogP contribution in [0.5, 0.6) is 5.75 Å². The van der Waals surface area contributed by atoms with E-state index in [1.165, 1.54) is 16.7 Å². The molecule has 0 aliphatic rings. The zero-order valence-electron chi connectivity index (χ0n) is 18.8. The predicted molar refractivity (Wildman–Crippen MR) is 124 cm³/mol. The lowest BCUT2D eigenvalue weighted by molar-refractivity contribution is 0.0756. The smallest absolute Gasteiger partial charge is 0.267 e. The maximum atomic E-state index is 13.2. The molecule has 0 saturated carbocycles. The molecule has 0 aliphatic carbocycles. The zero-order chi connectivity index (χ0) is 24.0. The molecule has 3 rings (SSSR count). The molecule has 33 heavy (non-hydrogen) atoms. The van der Waals surface area contributed by atoms with E-state index in [0.29, 0.717) is 31.5 Å². The number of benzene rings is 1. The minimum Gasteiger partial charge on any atom is -0.505 e. The zero-order valence-corrected chi connectivity index (χ0v) is 18.8. The number of nitrogens with one attached hydrogen (secondary N) is 1. The van der Waals surface area contributed by atoms with Crippen molar-refractivity contribution in [2.75, 3.05) is 19.7 Å². The molecule has 8 nitrogen and oxygen atoms in total. The summed E-state index contributed by atoms with van der Waals surface area (Å²) >= 11 is 0. The van der Waals surface area contributed by atoms with E-state index in [9.17, 15) is 19.1 Å². The lowest BCUT2D eigenvalue weighted by Crippen LogP contribution is -2.35. The van der Waals surface area contributed by atoms with Gasteiger partial charge in [0.1, 0.15) is 16.9 Å². The summed E-state index contributed by atoms with van der Waals surface area (Å²) in [5.74, 6) is -1.46. The summed E-state index contributed by atoms with van der Waals surface area (Å²) in [4.78, 5) is 30.1. The maximum absolute atomic E-state index is 13.2. The number of carbonyl (C=O) groups excluding carboxylic acids is 1. The lowest BCUT2D eigenvalue weighted by Gasteiger charge is -2.15. The number of carbonyl (C=O) groups is 1. The Morgan fingerprint density at radius 1 is 1.27 bits per heavy atom. The molecule has 2 heterocycles. The summed E-state index contributed by atoms with van der Waals surface area (Å²) in [5, 5.41) is 13.4. The first-order valence-electron chi connectivity index (χ1n) is 10.9. The fraction of sp³-hybridized carbons (Fsp3) is 0.375. The van der Waals surface area contributed by atoms with Gasteiger partial charge >= 0.3 is 0 Å².